The zero-order valence-corrected chi connectivity index (χ0v) is 7.54. The summed E-state index contributed by atoms with van der Waals surface area (Å²) in [7, 11) is 1.51. The fourth-order valence-electron chi connectivity index (χ4n) is 1.32. The van der Waals surface area contributed by atoms with Gasteiger partial charge in [0.25, 0.3) is 0 Å². The Morgan fingerprint density at radius 3 is 2.85 bits per heavy atom. The normalized spacial score (nSPS) is 21.2. The van der Waals surface area contributed by atoms with Crippen LogP contribution in [0.15, 0.2) is 0 Å². The first-order valence-electron chi connectivity index (χ1n) is 4.09. The van der Waals surface area contributed by atoms with E-state index in [4.69, 9.17) is 15.9 Å². The molecule has 6 heteroatoms. The maximum Gasteiger partial charge on any atom is 0.324 e. The van der Waals surface area contributed by atoms with Crippen LogP contribution in [0.2, 0.25) is 0 Å². The van der Waals surface area contributed by atoms with E-state index in [-0.39, 0.29) is 18.0 Å². The summed E-state index contributed by atoms with van der Waals surface area (Å²) >= 11 is 0. The predicted molar refractivity (Wildman–Crippen MR) is 47.4 cm³/mol. The van der Waals surface area contributed by atoms with Gasteiger partial charge in [0.1, 0.15) is 0 Å². The lowest BCUT2D eigenvalue weighted by Gasteiger charge is -2.25. The van der Waals surface area contributed by atoms with Gasteiger partial charge in [0.2, 0.25) is 0 Å². The molecule has 2 amide bonds. The quantitative estimate of drug-likeness (QED) is 0.374. The minimum atomic E-state index is -0.358. The van der Waals surface area contributed by atoms with Crippen LogP contribution < -0.4 is 11.1 Å². The maximum atomic E-state index is 11.3. The molecule has 4 N–H and O–H groups in total. The van der Waals surface area contributed by atoms with Crippen LogP contribution in [0.3, 0.4) is 0 Å². The van der Waals surface area contributed by atoms with Crippen molar-refractivity contribution < 1.29 is 9.53 Å². The SMILES string of the molecule is CNC(=O)N(C(=N)N)C1CCOC1. The summed E-state index contributed by atoms with van der Waals surface area (Å²) < 4.78 is 5.11. The van der Waals surface area contributed by atoms with Crippen molar-refractivity contribution in [1.82, 2.24) is 10.2 Å². The summed E-state index contributed by atoms with van der Waals surface area (Å²) in [5, 5.41) is 9.67. The molecular weight excluding hydrogens is 172 g/mol. The molecule has 0 aliphatic carbocycles. The Balaban J connectivity index is 2.66. The van der Waals surface area contributed by atoms with Crippen molar-refractivity contribution in [2.24, 2.45) is 5.73 Å². The molecule has 0 aromatic carbocycles. The van der Waals surface area contributed by atoms with E-state index in [2.05, 4.69) is 5.32 Å². The first kappa shape index (κ1) is 9.79. The van der Waals surface area contributed by atoms with Crippen LogP contribution in [0.25, 0.3) is 0 Å². The molecular formula is C7H14N4O2. The highest BCUT2D eigenvalue weighted by Gasteiger charge is 2.28. The number of carbonyl (C=O) groups is 1. The average molecular weight is 186 g/mol. The van der Waals surface area contributed by atoms with E-state index < -0.39 is 0 Å². The van der Waals surface area contributed by atoms with Crippen molar-refractivity contribution in [2.75, 3.05) is 20.3 Å². The number of hydrogen-bond donors (Lipinski definition) is 3. The number of rotatable bonds is 1. The van der Waals surface area contributed by atoms with Gasteiger partial charge in [-0.3, -0.25) is 10.3 Å². The van der Waals surface area contributed by atoms with Gasteiger partial charge in [-0.1, -0.05) is 0 Å². The Morgan fingerprint density at radius 2 is 2.46 bits per heavy atom. The van der Waals surface area contributed by atoms with Crippen molar-refractivity contribution in [3.05, 3.63) is 0 Å². The number of amides is 2. The summed E-state index contributed by atoms with van der Waals surface area (Å²) in [5.74, 6) is -0.241. The Labute approximate surface area is 76.5 Å². The lowest BCUT2D eigenvalue weighted by atomic mass is 10.2. The van der Waals surface area contributed by atoms with Crippen LogP contribution in [0.5, 0.6) is 0 Å². The van der Waals surface area contributed by atoms with E-state index >= 15 is 0 Å². The van der Waals surface area contributed by atoms with E-state index in [1.807, 2.05) is 0 Å². The number of carbonyl (C=O) groups excluding carboxylic acids is 1. The Bertz CT molecular complexity index is 213. The minimum absolute atomic E-state index is 0.0996. The first-order valence-corrected chi connectivity index (χ1v) is 4.09. The van der Waals surface area contributed by atoms with Crippen molar-refractivity contribution in [3.8, 4) is 0 Å². The van der Waals surface area contributed by atoms with E-state index in [1.54, 1.807) is 0 Å². The van der Waals surface area contributed by atoms with Gasteiger partial charge in [0, 0.05) is 13.7 Å². The fourth-order valence-corrected chi connectivity index (χ4v) is 1.32. The van der Waals surface area contributed by atoms with Crippen molar-refractivity contribution in [1.29, 1.82) is 5.41 Å². The molecule has 74 valence electrons. The molecule has 0 radical (unpaired) electrons. The van der Waals surface area contributed by atoms with Gasteiger partial charge in [0.05, 0.1) is 12.6 Å². The molecule has 0 saturated carbocycles. The summed E-state index contributed by atoms with van der Waals surface area (Å²) in [4.78, 5) is 12.5. The van der Waals surface area contributed by atoms with Gasteiger partial charge in [-0.25, -0.2) is 4.79 Å². The minimum Gasteiger partial charge on any atom is -0.379 e. The predicted octanol–water partition coefficient (Wildman–Crippen LogP) is -0.690. The van der Waals surface area contributed by atoms with Crippen LogP contribution in [0.4, 0.5) is 4.79 Å². The molecule has 1 atom stereocenters. The Morgan fingerprint density at radius 1 is 1.77 bits per heavy atom. The van der Waals surface area contributed by atoms with E-state index in [1.165, 1.54) is 11.9 Å². The fraction of sp³-hybridized carbons (Fsp3) is 0.714. The summed E-state index contributed by atoms with van der Waals surface area (Å²) in [6.45, 7) is 1.07. The molecule has 1 saturated heterocycles. The average Bonchev–Trinajstić information content (AvgIpc) is 2.56. The monoisotopic (exact) mass is 186 g/mol. The third-order valence-electron chi connectivity index (χ3n) is 1.96. The third-order valence-corrected chi connectivity index (χ3v) is 1.96. The molecule has 1 fully saturated rings. The molecule has 13 heavy (non-hydrogen) atoms. The van der Waals surface area contributed by atoms with Gasteiger partial charge in [0.15, 0.2) is 5.96 Å². The summed E-state index contributed by atoms with van der Waals surface area (Å²) in [5.41, 5.74) is 5.29. The summed E-state index contributed by atoms with van der Waals surface area (Å²) in [6, 6.07) is -0.458. The second-order valence-corrected chi connectivity index (χ2v) is 2.83. The number of hydrogen-bond acceptors (Lipinski definition) is 3. The lowest BCUT2D eigenvalue weighted by molar-refractivity contribution is 0.170. The second kappa shape index (κ2) is 4.08. The van der Waals surface area contributed by atoms with Crippen molar-refractivity contribution in [2.45, 2.75) is 12.5 Å². The van der Waals surface area contributed by atoms with Gasteiger partial charge < -0.3 is 15.8 Å². The topological polar surface area (TPSA) is 91.4 Å². The number of ether oxygens (including phenoxy) is 1. The zero-order chi connectivity index (χ0) is 9.84. The zero-order valence-electron chi connectivity index (χ0n) is 7.54. The van der Waals surface area contributed by atoms with Crippen molar-refractivity contribution >= 4 is 12.0 Å². The number of urea groups is 1. The van der Waals surface area contributed by atoms with Crippen LogP contribution >= 0.6 is 0 Å². The van der Waals surface area contributed by atoms with Crippen molar-refractivity contribution in [3.63, 3.8) is 0 Å². The number of nitrogens with two attached hydrogens (primary N) is 1. The first-order chi connectivity index (χ1) is 6.16. The smallest absolute Gasteiger partial charge is 0.324 e. The third kappa shape index (κ3) is 2.09. The Kier molecular flexibility index (Phi) is 3.07. The van der Waals surface area contributed by atoms with Gasteiger partial charge >= 0.3 is 6.03 Å². The molecule has 1 heterocycles. The van der Waals surface area contributed by atoms with Gasteiger partial charge in [-0.2, -0.15) is 0 Å². The van der Waals surface area contributed by atoms with Gasteiger partial charge in [-0.15, -0.1) is 0 Å². The van der Waals surface area contributed by atoms with Crippen LogP contribution in [0.1, 0.15) is 6.42 Å². The number of guanidine groups is 1. The van der Waals surface area contributed by atoms with E-state index in [0.717, 1.165) is 6.42 Å². The highest BCUT2D eigenvalue weighted by molar-refractivity contribution is 5.94. The highest BCUT2D eigenvalue weighted by Crippen LogP contribution is 2.11. The largest absolute Gasteiger partial charge is 0.379 e. The molecule has 1 aliphatic heterocycles. The second-order valence-electron chi connectivity index (χ2n) is 2.83. The van der Waals surface area contributed by atoms with Crippen LogP contribution in [0, 0.1) is 5.41 Å². The molecule has 6 nitrogen and oxygen atoms in total. The number of nitrogens with zero attached hydrogens (tertiary/aromatic N) is 1. The van der Waals surface area contributed by atoms with Crippen LogP contribution in [-0.2, 0) is 4.74 Å². The van der Waals surface area contributed by atoms with Gasteiger partial charge in [-0.05, 0) is 6.42 Å². The van der Waals surface area contributed by atoms with E-state index in [0.29, 0.717) is 13.2 Å². The van der Waals surface area contributed by atoms with E-state index in [9.17, 15) is 4.79 Å². The maximum absolute atomic E-state index is 11.3. The number of nitrogens with one attached hydrogen (secondary N) is 2. The molecule has 1 rings (SSSR count). The standard InChI is InChI=1S/C7H14N4O2/c1-10-7(12)11(6(8)9)5-2-3-13-4-5/h5H,2-4H2,1H3,(H3,8,9)(H,10,12). The Hall–Kier alpha value is -1.30. The lowest BCUT2D eigenvalue weighted by Crippen LogP contribution is -2.51. The molecule has 0 aromatic heterocycles. The molecule has 0 aromatic rings. The molecule has 0 bridgehead atoms. The molecule has 0 spiro atoms. The summed E-state index contributed by atoms with van der Waals surface area (Å²) in [6.07, 6.45) is 0.729. The molecule has 1 aliphatic rings. The highest BCUT2D eigenvalue weighted by atomic mass is 16.5. The molecule has 1 unspecified atom stereocenters. The van der Waals surface area contributed by atoms with Crippen LogP contribution in [-0.4, -0.2) is 43.2 Å².